The van der Waals surface area contributed by atoms with E-state index in [4.69, 9.17) is 14.2 Å². The van der Waals surface area contributed by atoms with E-state index in [2.05, 4.69) is 27.7 Å². The summed E-state index contributed by atoms with van der Waals surface area (Å²) in [6.45, 7) is 8.93. The molecule has 0 N–H and O–H groups in total. The van der Waals surface area contributed by atoms with Crippen LogP contribution >= 0.6 is 0 Å². The predicted molar refractivity (Wildman–Crippen MR) is 215 cm³/mol. The van der Waals surface area contributed by atoms with Crippen LogP contribution in [-0.2, 0) is 28.6 Å². The van der Waals surface area contributed by atoms with Crippen LogP contribution in [0.25, 0.3) is 0 Å². The van der Waals surface area contributed by atoms with Crippen molar-refractivity contribution in [1.82, 2.24) is 0 Å². The highest BCUT2D eigenvalue weighted by molar-refractivity contribution is 5.71. The maximum atomic E-state index is 12.7. The van der Waals surface area contributed by atoms with Crippen molar-refractivity contribution >= 4 is 17.9 Å². The van der Waals surface area contributed by atoms with E-state index in [0.717, 1.165) is 63.7 Å². The third kappa shape index (κ3) is 39.5. The van der Waals surface area contributed by atoms with Crippen molar-refractivity contribution in [1.29, 1.82) is 0 Å². The van der Waals surface area contributed by atoms with Crippen molar-refractivity contribution in [2.75, 3.05) is 13.2 Å². The second-order valence-electron chi connectivity index (χ2n) is 15.8. The lowest BCUT2D eigenvalue weighted by atomic mass is 10.0. The van der Waals surface area contributed by atoms with E-state index < -0.39 is 6.10 Å². The molecule has 0 rings (SSSR count). The summed E-state index contributed by atoms with van der Waals surface area (Å²) in [6, 6.07) is 0. The molecular formula is C45H86O6. The molecule has 0 heterocycles. The molecule has 0 aromatic rings. The molecule has 1 atom stereocenters. The van der Waals surface area contributed by atoms with Gasteiger partial charge in [-0.05, 0) is 25.2 Å². The van der Waals surface area contributed by atoms with E-state index in [0.29, 0.717) is 19.3 Å². The highest BCUT2D eigenvalue weighted by Crippen LogP contribution is 2.16. The molecule has 0 unspecified atom stereocenters. The average Bonchev–Trinajstić information content (AvgIpc) is 3.11. The fourth-order valence-corrected chi connectivity index (χ4v) is 6.63. The minimum Gasteiger partial charge on any atom is -0.462 e. The maximum absolute atomic E-state index is 12.7. The summed E-state index contributed by atoms with van der Waals surface area (Å²) < 4.78 is 16.7. The van der Waals surface area contributed by atoms with Gasteiger partial charge in [0.1, 0.15) is 13.2 Å². The van der Waals surface area contributed by atoms with Crippen LogP contribution in [0.15, 0.2) is 0 Å². The molecule has 302 valence electrons. The van der Waals surface area contributed by atoms with Crippen molar-refractivity contribution < 1.29 is 28.6 Å². The summed E-state index contributed by atoms with van der Waals surface area (Å²) in [7, 11) is 0. The summed E-state index contributed by atoms with van der Waals surface area (Å²) >= 11 is 0. The van der Waals surface area contributed by atoms with E-state index in [-0.39, 0.29) is 31.1 Å². The predicted octanol–water partition coefficient (Wildman–Crippen LogP) is 13.9. The summed E-state index contributed by atoms with van der Waals surface area (Å²) in [4.78, 5) is 37.6. The second-order valence-corrected chi connectivity index (χ2v) is 15.8. The van der Waals surface area contributed by atoms with Gasteiger partial charge in [-0.25, -0.2) is 0 Å². The van der Waals surface area contributed by atoms with Gasteiger partial charge >= 0.3 is 17.9 Å². The van der Waals surface area contributed by atoms with Crippen LogP contribution in [0.2, 0.25) is 0 Å². The molecule has 6 nitrogen and oxygen atoms in total. The summed E-state index contributed by atoms with van der Waals surface area (Å²) in [5.41, 5.74) is 0. The molecule has 0 aliphatic rings. The molecule has 0 bridgehead atoms. The van der Waals surface area contributed by atoms with Gasteiger partial charge in [0.05, 0.1) is 0 Å². The Kier molecular flexibility index (Phi) is 38.4. The zero-order chi connectivity index (χ0) is 37.5. The molecule has 0 amide bonds. The highest BCUT2D eigenvalue weighted by atomic mass is 16.6. The molecule has 0 aliphatic carbocycles. The molecule has 0 aliphatic heterocycles. The number of hydrogen-bond donors (Lipinski definition) is 0. The number of carbonyl (C=O) groups excluding carboxylic acids is 3. The van der Waals surface area contributed by atoms with Crippen molar-refractivity contribution in [3.05, 3.63) is 0 Å². The minimum atomic E-state index is -0.759. The van der Waals surface area contributed by atoms with Crippen LogP contribution < -0.4 is 0 Å². The minimum absolute atomic E-state index is 0.0646. The molecule has 0 saturated carbocycles. The lowest BCUT2D eigenvalue weighted by Gasteiger charge is -2.18. The molecule has 0 fully saturated rings. The van der Waals surface area contributed by atoms with Crippen molar-refractivity contribution in [3.63, 3.8) is 0 Å². The number of ether oxygens (including phenoxy) is 3. The van der Waals surface area contributed by atoms with Gasteiger partial charge in [-0.15, -0.1) is 0 Å². The molecule has 0 spiro atoms. The third-order valence-electron chi connectivity index (χ3n) is 10.0. The van der Waals surface area contributed by atoms with Gasteiger partial charge in [-0.2, -0.15) is 0 Å². The van der Waals surface area contributed by atoms with Gasteiger partial charge in [0.15, 0.2) is 6.10 Å². The third-order valence-corrected chi connectivity index (χ3v) is 10.0. The van der Waals surface area contributed by atoms with Crippen LogP contribution in [0.5, 0.6) is 0 Å². The second kappa shape index (κ2) is 39.6. The fraction of sp³-hybridized carbons (Fsp3) is 0.933. The normalized spacial score (nSPS) is 11.9. The Bertz CT molecular complexity index is 766. The Hall–Kier alpha value is -1.59. The Balaban J connectivity index is 4.31. The molecule has 0 radical (unpaired) electrons. The Labute approximate surface area is 317 Å². The van der Waals surface area contributed by atoms with Crippen molar-refractivity contribution in [2.45, 2.75) is 252 Å². The van der Waals surface area contributed by atoms with Gasteiger partial charge in [0.25, 0.3) is 0 Å². The zero-order valence-corrected chi connectivity index (χ0v) is 34.6. The van der Waals surface area contributed by atoms with Crippen molar-refractivity contribution in [2.24, 2.45) is 5.92 Å². The van der Waals surface area contributed by atoms with E-state index in [1.54, 1.807) is 0 Å². The topological polar surface area (TPSA) is 78.9 Å². The van der Waals surface area contributed by atoms with Gasteiger partial charge in [-0.1, -0.05) is 207 Å². The standard InChI is InChI=1S/C45H86O6/c1-5-7-9-11-13-15-17-18-19-21-25-29-33-37-44(47)50-40-42(51-45(48)38-34-30-26-22-23-27-31-35-41(3)4)39-49-43(46)36-32-28-24-20-16-14-12-10-8-6-2/h41-42H,5-40H2,1-4H3/t42-/m0/s1. The van der Waals surface area contributed by atoms with Crippen LogP contribution in [-0.4, -0.2) is 37.2 Å². The lowest BCUT2D eigenvalue weighted by molar-refractivity contribution is -0.167. The molecular weight excluding hydrogens is 636 g/mol. The van der Waals surface area contributed by atoms with Crippen molar-refractivity contribution in [3.8, 4) is 0 Å². The number of carbonyl (C=O) groups is 3. The fourth-order valence-electron chi connectivity index (χ4n) is 6.63. The van der Waals surface area contributed by atoms with Gasteiger partial charge in [0, 0.05) is 19.3 Å². The quantitative estimate of drug-likeness (QED) is 0.0356. The Morgan fingerprint density at radius 1 is 0.373 bits per heavy atom. The smallest absolute Gasteiger partial charge is 0.306 e. The Morgan fingerprint density at radius 2 is 0.647 bits per heavy atom. The van der Waals surface area contributed by atoms with E-state index in [1.807, 2.05) is 0 Å². The first kappa shape index (κ1) is 49.4. The number of esters is 3. The first-order valence-electron chi connectivity index (χ1n) is 22.4. The first-order chi connectivity index (χ1) is 24.9. The van der Waals surface area contributed by atoms with E-state index >= 15 is 0 Å². The average molecular weight is 723 g/mol. The summed E-state index contributed by atoms with van der Waals surface area (Å²) in [5, 5.41) is 0. The van der Waals surface area contributed by atoms with E-state index in [9.17, 15) is 14.4 Å². The maximum Gasteiger partial charge on any atom is 0.306 e. The molecule has 0 aromatic heterocycles. The van der Waals surface area contributed by atoms with Gasteiger partial charge in [0.2, 0.25) is 0 Å². The largest absolute Gasteiger partial charge is 0.462 e. The SMILES string of the molecule is CCCCCCCCCCCCCCCC(=O)OC[C@H](COC(=O)CCCCCCCCCCCC)OC(=O)CCCCCCCCCC(C)C. The molecule has 0 saturated heterocycles. The lowest BCUT2D eigenvalue weighted by Crippen LogP contribution is -2.30. The van der Waals surface area contributed by atoms with Gasteiger partial charge in [-0.3, -0.25) is 14.4 Å². The summed E-state index contributed by atoms with van der Waals surface area (Å²) in [6.07, 6.45) is 38.0. The first-order valence-corrected chi connectivity index (χ1v) is 22.4. The molecule has 6 heteroatoms. The molecule has 51 heavy (non-hydrogen) atoms. The van der Waals surface area contributed by atoms with Gasteiger partial charge < -0.3 is 14.2 Å². The number of hydrogen-bond acceptors (Lipinski definition) is 6. The van der Waals surface area contributed by atoms with Crippen LogP contribution in [0, 0.1) is 5.92 Å². The van der Waals surface area contributed by atoms with E-state index in [1.165, 1.54) is 141 Å². The number of rotatable bonds is 40. The van der Waals surface area contributed by atoms with Crippen LogP contribution in [0.3, 0.4) is 0 Å². The van der Waals surface area contributed by atoms with Crippen LogP contribution in [0.4, 0.5) is 0 Å². The monoisotopic (exact) mass is 723 g/mol. The number of unbranched alkanes of at least 4 members (excludes halogenated alkanes) is 27. The van der Waals surface area contributed by atoms with Crippen LogP contribution in [0.1, 0.15) is 246 Å². The molecule has 0 aromatic carbocycles. The zero-order valence-electron chi connectivity index (χ0n) is 34.6. The highest BCUT2D eigenvalue weighted by Gasteiger charge is 2.19. The summed E-state index contributed by atoms with van der Waals surface area (Å²) in [5.74, 6) is -0.0813. The Morgan fingerprint density at radius 3 is 0.961 bits per heavy atom.